The SMILES string of the molecule is COc1ccc2c(c1)N(C)c1ccccc1C2=C1C2CC3CC(C2)CC1C3. The van der Waals surface area contributed by atoms with E-state index in [4.69, 9.17) is 4.74 Å². The summed E-state index contributed by atoms with van der Waals surface area (Å²) in [7, 11) is 3.95. The normalized spacial score (nSPS) is 30.4. The van der Waals surface area contributed by atoms with Crippen molar-refractivity contribution in [1.82, 2.24) is 0 Å². The number of anilines is 2. The molecule has 0 saturated heterocycles. The monoisotopic (exact) mass is 357 g/mol. The highest BCUT2D eigenvalue weighted by atomic mass is 16.5. The molecule has 4 bridgehead atoms. The molecule has 138 valence electrons. The Morgan fingerprint density at radius 2 is 1.48 bits per heavy atom. The molecule has 0 N–H and O–H groups in total. The molecule has 1 heterocycles. The minimum Gasteiger partial charge on any atom is -0.497 e. The van der Waals surface area contributed by atoms with E-state index in [2.05, 4.69) is 54.4 Å². The number of para-hydroxylation sites is 1. The van der Waals surface area contributed by atoms with Crippen LogP contribution in [0.2, 0.25) is 0 Å². The molecule has 4 fully saturated rings. The largest absolute Gasteiger partial charge is 0.497 e. The molecule has 2 aromatic rings. The molecule has 2 aromatic carbocycles. The van der Waals surface area contributed by atoms with Crippen LogP contribution in [0, 0.1) is 23.7 Å². The van der Waals surface area contributed by atoms with Gasteiger partial charge in [-0.15, -0.1) is 0 Å². The predicted octanol–water partition coefficient (Wildman–Crippen LogP) is 6.03. The first-order valence-corrected chi connectivity index (χ1v) is 10.5. The van der Waals surface area contributed by atoms with Gasteiger partial charge in [0.1, 0.15) is 5.75 Å². The number of benzene rings is 2. The smallest absolute Gasteiger partial charge is 0.120 e. The zero-order chi connectivity index (χ0) is 18.1. The third-order valence-corrected chi connectivity index (χ3v) is 7.68. The Hall–Kier alpha value is -2.22. The van der Waals surface area contributed by atoms with Crippen molar-refractivity contribution in [3.05, 3.63) is 59.2 Å². The fraction of sp³-hybridized carbons (Fsp3) is 0.440. The first kappa shape index (κ1) is 15.8. The van der Waals surface area contributed by atoms with Gasteiger partial charge in [-0.1, -0.05) is 23.8 Å². The molecule has 0 radical (unpaired) electrons. The summed E-state index contributed by atoms with van der Waals surface area (Å²) in [6.45, 7) is 0. The number of hydrogen-bond donors (Lipinski definition) is 0. The van der Waals surface area contributed by atoms with Gasteiger partial charge >= 0.3 is 0 Å². The molecule has 0 unspecified atom stereocenters. The lowest BCUT2D eigenvalue weighted by atomic mass is 9.53. The zero-order valence-electron chi connectivity index (χ0n) is 16.2. The lowest BCUT2D eigenvalue weighted by Gasteiger charge is -2.52. The molecule has 7 rings (SSSR count). The van der Waals surface area contributed by atoms with Crippen molar-refractivity contribution in [1.29, 1.82) is 0 Å². The second-order valence-corrected chi connectivity index (χ2v) is 9.09. The fourth-order valence-corrected chi connectivity index (χ4v) is 6.79. The Balaban J connectivity index is 1.63. The van der Waals surface area contributed by atoms with Gasteiger partial charge in [0.05, 0.1) is 12.8 Å². The van der Waals surface area contributed by atoms with Crippen LogP contribution in [0.4, 0.5) is 11.4 Å². The van der Waals surface area contributed by atoms with Crippen LogP contribution < -0.4 is 9.64 Å². The van der Waals surface area contributed by atoms with Gasteiger partial charge in [-0.2, -0.15) is 0 Å². The molecule has 1 aliphatic heterocycles. The Labute approximate surface area is 161 Å². The van der Waals surface area contributed by atoms with E-state index >= 15 is 0 Å². The summed E-state index contributed by atoms with van der Waals surface area (Å²) in [5, 5.41) is 0. The molecule has 2 nitrogen and oxygen atoms in total. The minimum atomic E-state index is 0.808. The average Bonchev–Trinajstić information content (AvgIpc) is 2.69. The van der Waals surface area contributed by atoms with Crippen molar-refractivity contribution in [3.8, 4) is 5.75 Å². The van der Waals surface area contributed by atoms with Crippen LogP contribution in [0.5, 0.6) is 5.75 Å². The average molecular weight is 357 g/mol. The molecule has 4 saturated carbocycles. The van der Waals surface area contributed by atoms with Crippen molar-refractivity contribution in [2.75, 3.05) is 19.1 Å². The summed E-state index contributed by atoms with van der Waals surface area (Å²) in [5.41, 5.74) is 8.78. The molecule has 0 spiro atoms. The highest BCUT2D eigenvalue weighted by Crippen LogP contribution is 2.60. The summed E-state index contributed by atoms with van der Waals surface area (Å²) in [5.74, 6) is 4.54. The molecular formula is C25H27NO. The first-order valence-electron chi connectivity index (χ1n) is 10.5. The van der Waals surface area contributed by atoms with Crippen molar-refractivity contribution in [2.45, 2.75) is 32.1 Å². The van der Waals surface area contributed by atoms with Crippen LogP contribution in [0.1, 0.15) is 43.2 Å². The number of ether oxygens (including phenoxy) is 1. The predicted molar refractivity (Wildman–Crippen MR) is 111 cm³/mol. The van der Waals surface area contributed by atoms with Crippen molar-refractivity contribution in [2.24, 2.45) is 23.7 Å². The summed E-state index contributed by atoms with van der Waals surface area (Å²) in [6, 6.07) is 15.6. The maximum Gasteiger partial charge on any atom is 0.120 e. The summed E-state index contributed by atoms with van der Waals surface area (Å²) in [6.07, 6.45) is 7.21. The van der Waals surface area contributed by atoms with E-state index in [9.17, 15) is 0 Å². The lowest BCUT2D eigenvalue weighted by Crippen LogP contribution is -2.41. The first-order chi connectivity index (χ1) is 13.2. The number of allylic oxidation sites excluding steroid dienone is 1. The lowest BCUT2D eigenvalue weighted by molar-refractivity contribution is 0.0705. The fourth-order valence-electron chi connectivity index (χ4n) is 6.79. The standard InChI is InChI=1S/C25H27NO/c1-26-22-6-4-3-5-20(22)25(21-8-7-19(27-2)14-23(21)26)24-17-10-15-9-16(12-17)13-18(24)11-15/h3-8,14-18H,9-13H2,1-2H3. The van der Waals surface area contributed by atoms with Crippen LogP contribution in [0.15, 0.2) is 48.0 Å². The van der Waals surface area contributed by atoms with E-state index in [0.29, 0.717) is 0 Å². The van der Waals surface area contributed by atoms with E-state index in [0.717, 1.165) is 29.4 Å². The number of fused-ring (bicyclic) bond motifs is 2. The minimum absolute atomic E-state index is 0.808. The van der Waals surface area contributed by atoms with Crippen LogP contribution in [0.25, 0.3) is 5.57 Å². The van der Waals surface area contributed by atoms with E-state index in [1.807, 2.05) is 0 Å². The zero-order valence-corrected chi connectivity index (χ0v) is 16.2. The third-order valence-electron chi connectivity index (χ3n) is 7.68. The Morgan fingerprint density at radius 1 is 0.815 bits per heavy atom. The van der Waals surface area contributed by atoms with Gasteiger partial charge in [0.15, 0.2) is 0 Å². The molecule has 0 amide bonds. The van der Waals surface area contributed by atoms with E-state index < -0.39 is 0 Å². The molecule has 2 heteroatoms. The Kier molecular flexibility index (Phi) is 3.30. The van der Waals surface area contributed by atoms with Crippen LogP contribution in [-0.2, 0) is 0 Å². The molecule has 4 aliphatic carbocycles. The molecule has 5 aliphatic rings. The Bertz CT molecular complexity index is 927. The number of rotatable bonds is 1. The second-order valence-electron chi connectivity index (χ2n) is 9.09. The van der Waals surface area contributed by atoms with E-state index in [-0.39, 0.29) is 0 Å². The number of hydrogen-bond acceptors (Lipinski definition) is 2. The molecule has 0 aromatic heterocycles. The molecular weight excluding hydrogens is 330 g/mol. The van der Waals surface area contributed by atoms with Gasteiger partial charge in [-0.05, 0) is 79.5 Å². The quantitative estimate of drug-likeness (QED) is 0.617. The van der Waals surface area contributed by atoms with Crippen LogP contribution in [0.3, 0.4) is 0 Å². The second kappa shape index (κ2) is 5.64. The number of methoxy groups -OCH3 is 1. The molecule has 27 heavy (non-hydrogen) atoms. The van der Waals surface area contributed by atoms with E-state index in [1.54, 1.807) is 18.3 Å². The van der Waals surface area contributed by atoms with Gasteiger partial charge in [0.25, 0.3) is 0 Å². The third kappa shape index (κ3) is 2.19. The van der Waals surface area contributed by atoms with Crippen LogP contribution >= 0.6 is 0 Å². The van der Waals surface area contributed by atoms with Gasteiger partial charge in [-0.3, -0.25) is 0 Å². The van der Waals surface area contributed by atoms with Gasteiger partial charge in [-0.25, -0.2) is 0 Å². The Morgan fingerprint density at radius 3 is 2.19 bits per heavy atom. The maximum atomic E-state index is 5.55. The van der Waals surface area contributed by atoms with Crippen molar-refractivity contribution in [3.63, 3.8) is 0 Å². The topological polar surface area (TPSA) is 12.5 Å². The van der Waals surface area contributed by atoms with Crippen molar-refractivity contribution < 1.29 is 4.74 Å². The van der Waals surface area contributed by atoms with Crippen molar-refractivity contribution >= 4 is 16.9 Å². The summed E-state index contributed by atoms with van der Waals surface area (Å²) in [4.78, 5) is 2.34. The van der Waals surface area contributed by atoms with Gasteiger partial charge in [0.2, 0.25) is 0 Å². The van der Waals surface area contributed by atoms with Gasteiger partial charge in [0, 0.05) is 29.9 Å². The molecule has 0 atom stereocenters. The van der Waals surface area contributed by atoms with Gasteiger partial charge < -0.3 is 9.64 Å². The number of nitrogens with zero attached hydrogens (tertiary/aromatic N) is 1. The highest BCUT2D eigenvalue weighted by Gasteiger charge is 2.47. The highest BCUT2D eigenvalue weighted by molar-refractivity contribution is 5.99. The van der Waals surface area contributed by atoms with Crippen LogP contribution in [-0.4, -0.2) is 14.2 Å². The maximum absolute atomic E-state index is 5.55. The summed E-state index contributed by atoms with van der Waals surface area (Å²) < 4.78 is 5.55. The van der Waals surface area contributed by atoms with E-state index in [1.165, 1.54) is 54.6 Å². The summed E-state index contributed by atoms with van der Waals surface area (Å²) >= 11 is 0.